The summed E-state index contributed by atoms with van der Waals surface area (Å²) in [6, 6.07) is 5.03. The first-order valence-electron chi connectivity index (χ1n) is 6.88. The number of nitrogens with zero attached hydrogens (tertiary/aromatic N) is 1. The third-order valence-corrected chi connectivity index (χ3v) is 4.46. The highest BCUT2D eigenvalue weighted by Crippen LogP contribution is 2.29. The largest absolute Gasteiger partial charge is 0.479 e. The fraction of sp³-hybridized carbons (Fsp3) is 0.467. The Morgan fingerprint density at radius 2 is 2.14 bits per heavy atom. The third-order valence-electron chi connectivity index (χ3n) is 3.88. The minimum absolute atomic E-state index is 0.111. The van der Waals surface area contributed by atoms with Crippen LogP contribution in [0, 0.1) is 5.92 Å². The number of likely N-dealkylation sites (tertiary alicyclic amines) is 1. The van der Waals surface area contributed by atoms with Gasteiger partial charge in [0.05, 0.1) is 6.54 Å². The van der Waals surface area contributed by atoms with Gasteiger partial charge in [-0.3, -0.25) is 4.79 Å². The van der Waals surface area contributed by atoms with Crippen molar-refractivity contribution in [2.75, 3.05) is 13.1 Å². The number of amides is 1. The number of rotatable bonds is 4. The van der Waals surface area contributed by atoms with Crippen molar-refractivity contribution in [2.24, 2.45) is 5.92 Å². The number of hydrogen-bond donors (Lipinski definition) is 1. The molecule has 120 valence electrons. The second-order valence-electron chi connectivity index (χ2n) is 5.62. The Bertz CT molecular complexity index is 610. The van der Waals surface area contributed by atoms with Crippen LogP contribution in [0.2, 0.25) is 10.0 Å². The van der Waals surface area contributed by atoms with E-state index in [1.807, 2.05) is 0 Å². The van der Waals surface area contributed by atoms with Gasteiger partial charge in [-0.15, -0.1) is 0 Å². The molecular weight excluding hydrogens is 332 g/mol. The molecule has 1 aliphatic heterocycles. The quantitative estimate of drug-likeness (QED) is 0.909. The summed E-state index contributed by atoms with van der Waals surface area (Å²) in [4.78, 5) is 24.5. The Kier molecular flexibility index (Phi) is 4.97. The topological polar surface area (TPSA) is 57.6 Å². The second kappa shape index (κ2) is 6.42. The van der Waals surface area contributed by atoms with Crippen LogP contribution in [0.1, 0.15) is 18.9 Å². The van der Waals surface area contributed by atoms with E-state index in [1.54, 1.807) is 25.1 Å². The maximum absolute atomic E-state index is 14.0. The molecule has 1 aromatic rings. The molecule has 1 aliphatic rings. The Morgan fingerprint density at radius 1 is 1.45 bits per heavy atom. The summed E-state index contributed by atoms with van der Waals surface area (Å²) in [5.41, 5.74) is -1.57. The molecule has 1 saturated heterocycles. The standard InChI is InChI=1S/C15H16Cl2FNO3/c1-9(6-10-2-3-11(16)7-12(10)17)13(20)19-5-4-15(18,8-19)14(21)22/h2-3,7,9H,4-6,8H2,1H3,(H,21,22). The number of carbonyl (C=O) groups excluding carboxylic acids is 1. The molecule has 0 radical (unpaired) electrons. The summed E-state index contributed by atoms with van der Waals surface area (Å²) in [5.74, 6) is -2.21. The number of aliphatic carboxylic acids is 1. The zero-order valence-electron chi connectivity index (χ0n) is 12.0. The van der Waals surface area contributed by atoms with Crippen molar-refractivity contribution in [3.05, 3.63) is 33.8 Å². The fourth-order valence-electron chi connectivity index (χ4n) is 2.55. The van der Waals surface area contributed by atoms with Gasteiger partial charge in [-0.2, -0.15) is 0 Å². The molecule has 22 heavy (non-hydrogen) atoms. The SMILES string of the molecule is CC(Cc1ccc(Cl)cc1Cl)C(=O)N1CCC(F)(C(=O)O)C1. The van der Waals surface area contributed by atoms with Gasteiger partial charge in [-0.25, -0.2) is 9.18 Å². The van der Waals surface area contributed by atoms with Crippen molar-refractivity contribution in [3.63, 3.8) is 0 Å². The first-order chi connectivity index (χ1) is 10.2. The van der Waals surface area contributed by atoms with Gasteiger partial charge in [0, 0.05) is 28.9 Å². The van der Waals surface area contributed by atoms with E-state index < -0.39 is 24.1 Å². The molecule has 1 N–H and O–H groups in total. The van der Waals surface area contributed by atoms with Gasteiger partial charge in [0.15, 0.2) is 0 Å². The molecule has 1 heterocycles. The van der Waals surface area contributed by atoms with Crippen LogP contribution >= 0.6 is 23.2 Å². The van der Waals surface area contributed by atoms with E-state index in [2.05, 4.69) is 0 Å². The van der Waals surface area contributed by atoms with E-state index >= 15 is 0 Å². The summed E-state index contributed by atoms with van der Waals surface area (Å²) in [6.45, 7) is 1.42. The molecule has 0 saturated carbocycles. The van der Waals surface area contributed by atoms with Gasteiger partial charge >= 0.3 is 5.97 Å². The zero-order chi connectivity index (χ0) is 16.5. The van der Waals surface area contributed by atoms with Gasteiger partial charge in [0.1, 0.15) is 0 Å². The number of carboxylic acids is 1. The van der Waals surface area contributed by atoms with Crippen LogP contribution in [0.5, 0.6) is 0 Å². The van der Waals surface area contributed by atoms with Gasteiger partial charge in [0.25, 0.3) is 0 Å². The molecule has 0 aromatic heterocycles. The predicted molar refractivity (Wildman–Crippen MR) is 82.0 cm³/mol. The van der Waals surface area contributed by atoms with Crippen LogP contribution in [0.25, 0.3) is 0 Å². The minimum atomic E-state index is -2.34. The zero-order valence-corrected chi connectivity index (χ0v) is 13.5. The molecule has 2 unspecified atom stereocenters. The van der Waals surface area contributed by atoms with Gasteiger partial charge < -0.3 is 10.0 Å². The van der Waals surface area contributed by atoms with Crippen molar-refractivity contribution < 1.29 is 19.1 Å². The highest BCUT2D eigenvalue weighted by Gasteiger charge is 2.47. The molecule has 0 aliphatic carbocycles. The first-order valence-corrected chi connectivity index (χ1v) is 7.63. The monoisotopic (exact) mass is 347 g/mol. The van der Waals surface area contributed by atoms with Gasteiger partial charge in [-0.05, 0) is 24.1 Å². The smallest absolute Gasteiger partial charge is 0.343 e. The van der Waals surface area contributed by atoms with Crippen LogP contribution in [0.15, 0.2) is 18.2 Å². The number of carbonyl (C=O) groups is 2. The minimum Gasteiger partial charge on any atom is -0.479 e. The number of halogens is 3. The molecule has 7 heteroatoms. The maximum atomic E-state index is 14.0. The van der Waals surface area contributed by atoms with Crippen molar-refractivity contribution >= 4 is 35.1 Å². The lowest BCUT2D eigenvalue weighted by atomic mass is 9.99. The predicted octanol–water partition coefficient (Wildman–Crippen LogP) is 3.20. The molecular formula is C15H16Cl2FNO3. The maximum Gasteiger partial charge on any atom is 0.343 e. The van der Waals surface area contributed by atoms with Crippen LogP contribution in [0.4, 0.5) is 4.39 Å². The van der Waals surface area contributed by atoms with E-state index in [4.69, 9.17) is 28.3 Å². The summed E-state index contributed by atoms with van der Waals surface area (Å²) >= 11 is 11.9. The van der Waals surface area contributed by atoms with Gasteiger partial charge in [0.2, 0.25) is 11.6 Å². The van der Waals surface area contributed by atoms with E-state index in [9.17, 15) is 14.0 Å². The van der Waals surface area contributed by atoms with Crippen molar-refractivity contribution in [2.45, 2.75) is 25.4 Å². The fourth-order valence-corrected chi connectivity index (χ4v) is 3.04. The highest BCUT2D eigenvalue weighted by atomic mass is 35.5. The van der Waals surface area contributed by atoms with Gasteiger partial charge in [-0.1, -0.05) is 36.2 Å². The lowest BCUT2D eigenvalue weighted by Gasteiger charge is -2.22. The molecule has 2 rings (SSSR count). The lowest BCUT2D eigenvalue weighted by molar-refractivity contribution is -0.150. The lowest BCUT2D eigenvalue weighted by Crippen LogP contribution is -2.40. The molecule has 1 fully saturated rings. The number of hydrogen-bond acceptors (Lipinski definition) is 2. The molecule has 4 nitrogen and oxygen atoms in total. The summed E-state index contributed by atoms with van der Waals surface area (Å²) in [6.07, 6.45) is 0.209. The summed E-state index contributed by atoms with van der Waals surface area (Å²) in [5, 5.41) is 9.85. The van der Waals surface area contributed by atoms with E-state index in [1.165, 1.54) is 4.90 Å². The van der Waals surface area contributed by atoms with Crippen LogP contribution in [0.3, 0.4) is 0 Å². The first kappa shape index (κ1) is 17.0. The Balaban J connectivity index is 2.03. The average molecular weight is 348 g/mol. The molecule has 0 bridgehead atoms. The average Bonchev–Trinajstić information content (AvgIpc) is 2.85. The summed E-state index contributed by atoms with van der Waals surface area (Å²) < 4.78 is 14.0. The van der Waals surface area contributed by atoms with Crippen LogP contribution in [-0.4, -0.2) is 40.6 Å². The Labute approximate surface area is 137 Å². The highest BCUT2D eigenvalue weighted by molar-refractivity contribution is 6.35. The second-order valence-corrected chi connectivity index (χ2v) is 6.46. The number of benzene rings is 1. The van der Waals surface area contributed by atoms with E-state index in [0.29, 0.717) is 16.5 Å². The van der Waals surface area contributed by atoms with Crippen molar-refractivity contribution in [3.8, 4) is 0 Å². The number of carboxylic acid groups (broad SMARTS) is 1. The molecule has 0 spiro atoms. The normalized spacial score (nSPS) is 22.6. The molecule has 1 aromatic carbocycles. The van der Waals surface area contributed by atoms with Crippen LogP contribution < -0.4 is 0 Å². The Morgan fingerprint density at radius 3 is 2.68 bits per heavy atom. The summed E-state index contributed by atoms with van der Waals surface area (Å²) in [7, 11) is 0. The third kappa shape index (κ3) is 3.52. The van der Waals surface area contributed by atoms with Crippen molar-refractivity contribution in [1.29, 1.82) is 0 Å². The number of alkyl halides is 1. The molecule has 1 amide bonds. The Hall–Kier alpha value is -1.33. The van der Waals surface area contributed by atoms with E-state index in [-0.39, 0.29) is 18.9 Å². The van der Waals surface area contributed by atoms with Crippen molar-refractivity contribution in [1.82, 2.24) is 4.90 Å². The molecule has 2 atom stereocenters. The van der Waals surface area contributed by atoms with E-state index in [0.717, 1.165) is 5.56 Å². The van der Waals surface area contributed by atoms with Crippen LogP contribution in [-0.2, 0) is 16.0 Å².